The number of likely N-dealkylation sites (tertiary alicyclic amines) is 1. The van der Waals surface area contributed by atoms with Crippen molar-refractivity contribution >= 4 is 11.8 Å². The molecule has 9 nitrogen and oxygen atoms in total. The van der Waals surface area contributed by atoms with Crippen molar-refractivity contribution in [2.75, 3.05) is 13.1 Å². The van der Waals surface area contributed by atoms with Gasteiger partial charge in [0.15, 0.2) is 0 Å². The normalized spacial score (nSPS) is 20.3. The lowest BCUT2D eigenvalue weighted by Crippen LogP contribution is -2.54. The van der Waals surface area contributed by atoms with Crippen molar-refractivity contribution in [3.8, 4) is 0 Å². The summed E-state index contributed by atoms with van der Waals surface area (Å²) in [5.41, 5.74) is 0.797. The van der Waals surface area contributed by atoms with Crippen LogP contribution in [0.4, 0.5) is 0 Å². The number of pyridine rings is 1. The first-order chi connectivity index (χ1) is 11.9. The number of hydrogen-bond acceptors (Lipinski definition) is 5. The van der Waals surface area contributed by atoms with Crippen LogP contribution in [0.1, 0.15) is 33.0 Å². The summed E-state index contributed by atoms with van der Waals surface area (Å²) in [7, 11) is 0. The smallest absolute Gasteiger partial charge is 0.272 e. The highest BCUT2D eigenvalue weighted by Crippen LogP contribution is 2.15. The third-order valence-corrected chi connectivity index (χ3v) is 4.12. The van der Waals surface area contributed by atoms with Crippen LogP contribution >= 0.6 is 0 Å². The lowest BCUT2D eigenvalue weighted by molar-refractivity contribution is 0.0370. The van der Waals surface area contributed by atoms with Gasteiger partial charge in [-0.2, -0.15) is 0 Å². The fourth-order valence-electron chi connectivity index (χ4n) is 2.94. The second kappa shape index (κ2) is 6.89. The van der Waals surface area contributed by atoms with Crippen LogP contribution in [0.15, 0.2) is 29.5 Å². The molecule has 2 aromatic rings. The van der Waals surface area contributed by atoms with E-state index < -0.39 is 12.1 Å². The molecule has 0 spiro atoms. The Morgan fingerprint density at radius 3 is 2.84 bits per heavy atom. The van der Waals surface area contributed by atoms with Gasteiger partial charge in [-0.25, -0.2) is 4.98 Å². The van der Waals surface area contributed by atoms with E-state index >= 15 is 0 Å². The molecule has 2 amide bonds. The van der Waals surface area contributed by atoms with Crippen LogP contribution in [0.5, 0.6) is 0 Å². The van der Waals surface area contributed by atoms with Gasteiger partial charge >= 0.3 is 0 Å². The molecule has 9 heteroatoms. The van der Waals surface area contributed by atoms with E-state index in [1.807, 2.05) is 0 Å². The van der Waals surface area contributed by atoms with Crippen LogP contribution in [-0.4, -0.2) is 62.0 Å². The maximum absolute atomic E-state index is 12.5. The molecule has 1 aliphatic heterocycles. The molecule has 0 aliphatic carbocycles. The van der Waals surface area contributed by atoms with Gasteiger partial charge in [-0.15, -0.1) is 0 Å². The molecule has 3 heterocycles. The van der Waals surface area contributed by atoms with Crippen LogP contribution in [-0.2, 0) is 0 Å². The van der Waals surface area contributed by atoms with Gasteiger partial charge in [-0.3, -0.25) is 14.4 Å². The van der Waals surface area contributed by atoms with Gasteiger partial charge in [0.2, 0.25) is 5.56 Å². The Kier molecular flexibility index (Phi) is 4.66. The second-order valence-corrected chi connectivity index (χ2v) is 6.09. The van der Waals surface area contributed by atoms with Crippen molar-refractivity contribution < 1.29 is 14.7 Å². The number of H-pyrrole nitrogens is 2. The van der Waals surface area contributed by atoms with Crippen molar-refractivity contribution in [3.05, 3.63) is 52.0 Å². The average molecular weight is 345 g/mol. The summed E-state index contributed by atoms with van der Waals surface area (Å²) in [6.45, 7) is 2.14. The van der Waals surface area contributed by atoms with E-state index in [1.165, 1.54) is 29.6 Å². The summed E-state index contributed by atoms with van der Waals surface area (Å²) in [5.74, 6) is -0.721. The van der Waals surface area contributed by atoms with Crippen LogP contribution < -0.4 is 10.9 Å². The van der Waals surface area contributed by atoms with Gasteiger partial charge in [0, 0.05) is 42.7 Å². The SMILES string of the molecule is Cc1[nH]cnc1C(=O)NC1CC(O)CN(C(=O)c2cc[nH]c(=O)c2)C1. The number of amides is 2. The zero-order valence-electron chi connectivity index (χ0n) is 13.7. The maximum atomic E-state index is 12.5. The zero-order chi connectivity index (χ0) is 18.0. The second-order valence-electron chi connectivity index (χ2n) is 6.09. The van der Waals surface area contributed by atoms with Crippen molar-refractivity contribution in [2.45, 2.75) is 25.5 Å². The highest BCUT2D eigenvalue weighted by molar-refractivity contribution is 5.95. The molecule has 1 saturated heterocycles. The van der Waals surface area contributed by atoms with E-state index in [0.29, 0.717) is 12.1 Å². The summed E-state index contributed by atoms with van der Waals surface area (Å²) < 4.78 is 0. The summed E-state index contributed by atoms with van der Waals surface area (Å²) in [6, 6.07) is 2.31. The first-order valence-electron chi connectivity index (χ1n) is 7.91. The zero-order valence-corrected chi connectivity index (χ0v) is 13.7. The summed E-state index contributed by atoms with van der Waals surface area (Å²) >= 11 is 0. The topological polar surface area (TPSA) is 131 Å². The molecular weight excluding hydrogens is 326 g/mol. The Bertz CT molecular complexity index is 843. The lowest BCUT2D eigenvalue weighted by Gasteiger charge is -2.36. The number of nitrogens with one attached hydrogen (secondary N) is 3. The molecule has 132 valence electrons. The van der Waals surface area contributed by atoms with E-state index in [0.717, 1.165) is 0 Å². The van der Waals surface area contributed by atoms with Gasteiger partial charge in [0.05, 0.1) is 12.4 Å². The average Bonchev–Trinajstić information content (AvgIpc) is 2.99. The Morgan fingerprint density at radius 1 is 1.36 bits per heavy atom. The monoisotopic (exact) mass is 345 g/mol. The van der Waals surface area contributed by atoms with Crippen molar-refractivity contribution in [1.82, 2.24) is 25.2 Å². The van der Waals surface area contributed by atoms with Crippen LogP contribution in [0, 0.1) is 6.92 Å². The molecule has 2 atom stereocenters. The van der Waals surface area contributed by atoms with E-state index in [2.05, 4.69) is 20.3 Å². The fraction of sp³-hybridized carbons (Fsp3) is 0.375. The Morgan fingerprint density at radius 2 is 2.16 bits per heavy atom. The van der Waals surface area contributed by atoms with Crippen molar-refractivity contribution in [1.29, 1.82) is 0 Å². The molecule has 1 fully saturated rings. The number of aliphatic hydroxyl groups is 1. The number of nitrogens with zero attached hydrogens (tertiary/aromatic N) is 2. The van der Waals surface area contributed by atoms with Crippen molar-refractivity contribution in [3.63, 3.8) is 0 Å². The number of aryl methyl sites for hydroxylation is 1. The molecule has 1 aliphatic rings. The molecule has 25 heavy (non-hydrogen) atoms. The van der Waals surface area contributed by atoms with E-state index in [1.54, 1.807) is 6.92 Å². The molecule has 3 rings (SSSR count). The Balaban J connectivity index is 1.71. The predicted octanol–water partition coefficient (Wildman–Crippen LogP) is -0.588. The number of β-amino-alcohol motifs (C(OH)–C–C–N with tert-alkyl or cyclic N) is 1. The third-order valence-electron chi connectivity index (χ3n) is 4.12. The highest BCUT2D eigenvalue weighted by atomic mass is 16.3. The summed E-state index contributed by atoms with van der Waals surface area (Å²) in [4.78, 5) is 46.9. The molecule has 2 unspecified atom stereocenters. The van der Waals surface area contributed by atoms with Gasteiger partial charge in [-0.1, -0.05) is 0 Å². The minimum absolute atomic E-state index is 0.152. The number of aromatic amines is 2. The van der Waals surface area contributed by atoms with Crippen molar-refractivity contribution in [2.24, 2.45) is 0 Å². The molecule has 0 radical (unpaired) electrons. The lowest BCUT2D eigenvalue weighted by atomic mass is 10.0. The minimum atomic E-state index is -0.759. The number of aliphatic hydroxyl groups excluding tert-OH is 1. The molecule has 0 aromatic carbocycles. The van der Waals surface area contributed by atoms with Gasteiger partial charge in [0.1, 0.15) is 5.69 Å². The van der Waals surface area contributed by atoms with E-state index in [4.69, 9.17) is 0 Å². The van der Waals surface area contributed by atoms with E-state index in [-0.39, 0.29) is 41.7 Å². The highest BCUT2D eigenvalue weighted by Gasteiger charge is 2.31. The third kappa shape index (κ3) is 3.77. The van der Waals surface area contributed by atoms with Gasteiger partial charge in [-0.05, 0) is 19.4 Å². The first-order valence-corrected chi connectivity index (χ1v) is 7.91. The standard InChI is InChI=1S/C16H19N5O4/c1-9-14(19-8-18-9)15(24)20-11-5-12(22)7-21(6-11)16(25)10-2-3-17-13(23)4-10/h2-4,8,11-12,22H,5-7H2,1H3,(H,17,23)(H,18,19)(H,20,24). The van der Waals surface area contributed by atoms with E-state index in [9.17, 15) is 19.5 Å². The first kappa shape index (κ1) is 16.9. The van der Waals surface area contributed by atoms with Crippen LogP contribution in [0.3, 0.4) is 0 Å². The van der Waals surface area contributed by atoms with Crippen LogP contribution in [0.2, 0.25) is 0 Å². The molecule has 0 saturated carbocycles. The van der Waals surface area contributed by atoms with Crippen LogP contribution in [0.25, 0.3) is 0 Å². The Hall–Kier alpha value is -2.94. The maximum Gasteiger partial charge on any atom is 0.272 e. The molecule has 2 aromatic heterocycles. The number of rotatable bonds is 3. The molecular formula is C16H19N5O4. The minimum Gasteiger partial charge on any atom is -0.391 e. The fourth-order valence-corrected chi connectivity index (χ4v) is 2.94. The summed E-state index contributed by atoms with van der Waals surface area (Å²) in [6.07, 6.45) is 2.41. The van der Waals surface area contributed by atoms with Gasteiger partial charge < -0.3 is 25.3 Å². The number of imidazole rings is 1. The molecule has 4 N–H and O–H groups in total. The largest absolute Gasteiger partial charge is 0.391 e. The van der Waals surface area contributed by atoms with Gasteiger partial charge in [0.25, 0.3) is 11.8 Å². The number of carbonyl (C=O) groups is 2. The quantitative estimate of drug-likeness (QED) is 0.591. The molecule has 0 bridgehead atoms. The Labute approximate surface area is 143 Å². The number of carbonyl (C=O) groups excluding carboxylic acids is 2. The number of hydrogen-bond donors (Lipinski definition) is 4. The number of aromatic nitrogens is 3. The number of piperidine rings is 1. The summed E-state index contributed by atoms with van der Waals surface area (Å²) in [5, 5.41) is 12.9. The predicted molar refractivity (Wildman–Crippen MR) is 88.2 cm³/mol.